The molecule has 0 bridgehead atoms. The molecule has 0 saturated carbocycles. The quantitative estimate of drug-likeness (QED) is 0.232. The van der Waals surface area contributed by atoms with Crippen LogP contribution in [0, 0.1) is 0 Å². The van der Waals surface area contributed by atoms with E-state index >= 15 is 0 Å². The maximum Gasteiger partial charge on any atom is 0.250 e. The van der Waals surface area contributed by atoms with Crippen molar-refractivity contribution in [2.75, 3.05) is 11.1 Å². The molecular weight excluding hydrogens is 386 g/mol. The van der Waals surface area contributed by atoms with E-state index in [-0.39, 0.29) is 11.7 Å². The second-order valence-corrected chi connectivity index (χ2v) is 6.83. The fourth-order valence-electron chi connectivity index (χ4n) is 2.40. The van der Waals surface area contributed by atoms with Crippen LogP contribution in [0.15, 0.2) is 77.8 Å². The molecule has 148 valence electrons. The molecule has 0 radical (unpaired) electrons. The normalized spacial score (nSPS) is 10.8. The number of aromatic nitrogens is 4. The van der Waals surface area contributed by atoms with Gasteiger partial charge >= 0.3 is 0 Å². The summed E-state index contributed by atoms with van der Waals surface area (Å²) in [6.07, 6.45) is 6.66. The number of nitrogens with one attached hydrogen (secondary N) is 2. The zero-order valence-electron chi connectivity index (χ0n) is 15.7. The molecule has 9 heteroatoms. The number of carbonyl (C=O) groups excluding carboxylic acids is 1. The Morgan fingerprint density at radius 1 is 1.21 bits per heavy atom. The van der Waals surface area contributed by atoms with Crippen LogP contribution in [0.1, 0.15) is 11.4 Å². The Labute approximate surface area is 173 Å². The van der Waals surface area contributed by atoms with Crippen LogP contribution in [-0.4, -0.2) is 37.6 Å². The highest BCUT2D eigenvalue weighted by atomic mass is 32.2. The Kier molecular flexibility index (Phi) is 7.53. The number of allylic oxidation sites excluding steroid dienone is 1. The molecule has 0 fully saturated rings. The molecule has 2 N–H and O–H groups in total. The predicted molar refractivity (Wildman–Crippen MR) is 115 cm³/mol. The predicted octanol–water partition coefficient (Wildman–Crippen LogP) is 2.71. The van der Waals surface area contributed by atoms with Gasteiger partial charge in [0.15, 0.2) is 11.0 Å². The Hall–Kier alpha value is -3.46. The monoisotopic (exact) mass is 407 g/mol. The molecule has 0 aliphatic rings. The van der Waals surface area contributed by atoms with Gasteiger partial charge < -0.3 is 9.88 Å². The maximum absolute atomic E-state index is 12.0. The SMILES string of the molecule is C=CCn1c(CNc2ccccc2)nnc1SCC(=O)N/N=C/c1cccnc1. The highest BCUT2D eigenvalue weighted by Gasteiger charge is 2.13. The van der Waals surface area contributed by atoms with Crippen LogP contribution in [0.4, 0.5) is 5.69 Å². The van der Waals surface area contributed by atoms with E-state index in [0.29, 0.717) is 18.2 Å². The number of carbonyl (C=O) groups is 1. The van der Waals surface area contributed by atoms with Crippen molar-refractivity contribution in [1.82, 2.24) is 25.2 Å². The standard InChI is InChI=1S/C20H21N7OS/c1-2-11-27-18(14-22-17-8-4-3-5-9-17)24-26-20(27)29-15-19(28)25-23-13-16-7-6-10-21-12-16/h2-10,12-13,22H,1,11,14-15H2,(H,25,28)/b23-13+. The highest BCUT2D eigenvalue weighted by Crippen LogP contribution is 2.18. The Balaban J connectivity index is 1.54. The first-order valence-electron chi connectivity index (χ1n) is 8.93. The summed E-state index contributed by atoms with van der Waals surface area (Å²) in [5.41, 5.74) is 4.31. The molecule has 2 aromatic heterocycles. The molecule has 2 heterocycles. The van der Waals surface area contributed by atoms with E-state index in [4.69, 9.17) is 0 Å². The number of nitrogens with zero attached hydrogens (tertiary/aromatic N) is 5. The lowest BCUT2D eigenvalue weighted by Crippen LogP contribution is -2.20. The molecule has 0 spiro atoms. The Morgan fingerprint density at radius 2 is 2.07 bits per heavy atom. The summed E-state index contributed by atoms with van der Waals surface area (Å²) in [5, 5.41) is 16.4. The summed E-state index contributed by atoms with van der Waals surface area (Å²) in [4.78, 5) is 16.0. The van der Waals surface area contributed by atoms with Crippen LogP contribution in [0.2, 0.25) is 0 Å². The summed E-state index contributed by atoms with van der Waals surface area (Å²) < 4.78 is 1.93. The van der Waals surface area contributed by atoms with Crippen LogP contribution in [0.5, 0.6) is 0 Å². The zero-order chi connectivity index (χ0) is 20.3. The van der Waals surface area contributed by atoms with E-state index in [1.807, 2.05) is 41.0 Å². The Bertz CT molecular complexity index is 957. The molecule has 29 heavy (non-hydrogen) atoms. The number of pyridine rings is 1. The number of rotatable bonds is 10. The van der Waals surface area contributed by atoms with Gasteiger partial charge in [-0.3, -0.25) is 9.78 Å². The lowest BCUT2D eigenvalue weighted by molar-refractivity contribution is -0.118. The molecule has 1 aromatic carbocycles. The van der Waals surface area contributed by atoms with Crippen molar-refractivity contribution < 1.29 is 4.79 Å². The van der Waals surface area contributed by atoms with Crippen LogP contribution >= 0.6 is 11.8 Å². The summed E-state index contributed by atoms with van der Waals surface area (Å²) in [6.45, 7) is 4.87. The largest absolute Gasteiger partial charge is 0.378 e. The van der Waals surface area contributed by atoms with E-state index in [1.165, 1.54) is 11.8 Å². The molecule has 0 aliphatic carbocycles. The molecule has 0 saturated heterocycles. The number of amides is 1. The van der Waals surface area contributed by atoms with Gasteiger partial charge in [-0.1, -0.05) is 42.1 Å². The van der Waals surface area contributed by atoms with Crippen molar-refractivity contribution in [1.29, 1.82) is 0 Å². The number of para-hydroxylation sites is 1. The fraction of sp³-hybridized carbons (Fsp3) is 0.150. The minimum absolute atomic E-state index is 0.172. The van der Waals surface area contributed by atoms with Gasteiger partial charge in [-0.2, -0.15) is 5.10 Å². The van der Waals surface area contributed by atoms with E-state index in [1.54, 1.807) is 30.8 Å². The Morgan fingerprint density at radius 3 is 2.83 bits per heavy atom. The van der Waals surface area contributed by atoms with Crippen molar-refractivity contribution in [2.45, 2.75) is 18.2 Å². The second-order valence-electron chi connectivity index (χ2n) is 5.89. The zero-order valence-corrected chi connectivity index (χ0v) is 16.5. The summed E-state index contributed by atoms with van der Waals surface area (Å²) in [6, 6.07) is 13.5. The van der Waals surface area contributed by atoms with Crippen molar-refractivity contribution in [2.24, 2.45) is 5.10 Å². The first-order valence-corrected chi connectivity index (χ1v) is 9.91. The van der Waals surface area contributed by atoms with Crippen molar-refractivity contribution in [3.05, 3.63) is 78.9 Å². The molecule has 3 aromatic rings. The molecule has 1 amide bonds. The lowest BCUT2D eigenvalue weighted by atomic mass is 10.3. The van der Waals surface area contributed by atoms with Crippen LogP contribution in [-0.2, 0) is 17.9 Å². The summed E-state index contributed by atoms with van der Waals surface area (Å²) in [7, 11) is 0. The minimum atomic E-state index is -0.229. The number of anilines is 1. The average Bonchev–Trinajstić information content (AvgIpc) is 3.14. The van der Waals surface area contributed by atoms with Gasteiger partial charge in [0.2, 0.25) is 0 Å². The van der Waals surface area contributed by atoms with Gasteiger partial charge in [-0.15, -0.1) is 16.8 Å². The van der Waals surface area contributed by atoms with Crippen molar-refractivity contribution in [3.8, 4) is 0 Å². The lowest BCUT2D eigenvalue weighted by Gasteiger charge is -2.09. The molecule has 0 unspecified atom stereocenters. The highest BCUT2D eigenvalue weighted by molar-refractivity contribution is 7.99. The summed E-state index contributed by atoms with van der Waals surface area (Å²) >= 11 is 1.30. The van der Waals surface area contributed by atoms with Gasteiger partial charge in [0.1, 0.15) is 0 Å². The van der Waals surface area contributed by atoms with E-state index in [0.717, 1.165) is 17.1 Å². The van der Waals surface area contributed by atoms with Crippen molar-refractivity contribution in [3.63, 3.8) is 0 Å². The average molecular weight is 408 g/mol. The fourth-order valence-corrected chi connectivity index (χ4v) is 3.16. The maximum atomic E-state index is 12.0. The third kappa shape index (κ3) is 6.28. The van der Waals surface area contributed by atoms with Crippen molar-refractivity contribution >= 4 is 29.6 Å². The third-order valence-corrected chi connectivity index (χ3v) is 4.72. The molecule has 0 aliphatic heterocycles. The van der Waals surface area contributed by atoms with Crippen LogP contribution in [0.25, 0.3) is 0 Å². The number of hydrogen-bond donors (Lipinski definition) is 2. The van der Waals surface area contributed by atoms with E-state index < -0.39 is 0 Å². The molecule has 8 nitrogen and oxygen atoms in total. The van der Waals surface area contributed by atoms with Crippen LogP contribution in [0.3, 0.4) is 0 Å². The first-order chi connectivity index (χ1) is 14.3. The minimum Gasteiger partial charge on any atom is -0.378 e. The molecular formula is C20H21N7OS. The van der Waals surface area contributed by atoms with Crippen LogP contribution < -0.4 is 10.7 Å². The van der Waals surface area contributed by atoms with E-state index in [2.05, 4.69) is 37.6 Å². The van der Waals surface area contributed by atoms with Gasteiger partial charge in [-0.25, -0.2) is 5.43 Å². The van der Waals surface area contributed by atoms with Gasteiger partial charge in [-0.05, 0) is 18.2 Å². The van der Waals surface area contributed by atoms with E-state index in [9.17, 15) is 4.79 Å². The smallest absolute Gasteiger partial charge is 0.250 e. The number of hydrazone groups is 1. The number of thioether (sulfide) groups is 1. The van der Waals surface area contributed by atoms with Gasteiger partial charge in [0.25, 0.3) is 5.91 Å². The topological polar surface area (TPSA) is 97.1 Å². The third-order valence-electron chi connectivity index (χ3n) is 3.75. The van der Waals surface area contributed by atoms with Gasteiger partial charge in [0.05, 0.1) is 18.5 Å². The number of benzene rings is 1. The van der Waals surface area contributed by atoms with Gasteiger partial charge in [0, 0.05) is 30.2 Å². The second kappa shape index (κ2) is 10.8. The number of hydrogen-bond acceptors (Lipinski definition) is 7. The molecule has 3 rings (SSSR count). The first kappa shape index (κ1) is 20.3. The molecule has 0 atom stereocenters. The summed E-state index contributed by atoms with van der Waals surface area (Å²) in [5.74, 6) is 0.713.